The number of carbonyl (C=O) groups excluding carboxylic acids is 1. The predicted molar refractivity (Wildman–Crippen MR) is 108 cm³/mol. The molecular weight excluding hydrogens is 352 g/mol. The maximum Gasteiger partial charge on any atom is 0.241 e. The third-order valence-electron chi connectivity index (χ3n) is 5.24. The van der Waals surface area contributed by atoms with E-state index in [1.54, 1.807) is 10.9 Å². The largest absolute Gasteiger partial charge is 0.465 e. The number of hydrogen-bond donors (Lipinski definition) is 1. The molecule has 28 heavy (non-hydrogen) atoms. The number of furan rings is 1. The molecular formula is C22H26N4O2. The van der Waals surface area contributed by atoms with Crippen molar-refractivity contribution in [2.75, 3.05) is 11.9 Å². The van der Waals surface area contributed by atoms with Gasteiger partial charge in [-0.05, 0) is 61.9 Å². The lowest BCUT2D eigenvalue weighted by molar-refractivity contribution is -0.122. The summed E-state index contributed by atoms with van der Waals surface area (Å²) < 4.78 is 7.64. The zero-order valence-electron chi connectivity index (χ0n) is 16.2. The number of carbonyl (C=O) groups is 1. The Bertz CT molecular complexity index is 899. The number of piperidine rings is 1. The van der Waals surface area contributed by atoms with Crippen LogP contribution in [0.15, 0.2) is 59.3 Å². The highest BCUT2D eigenvalue weighted by atomic mass is 16.3. The van der Waals surface area contributed by atoms with E-state index in [0.717, 1.165) is 55.1 Å². The summed E-state index contributed by atoms with van der Waals surface area (Å²) in [4.78, 5) is 15.2. The van der Waals surface area contributed by atoms with Crippen LogP contribution in [-0.4, -0.2) is 33.2 Å². The van der Waals surface area contributed by atoms with E-state index >= 15 is 0 Å². The first-order valence-corrected chi connectivity index (χ1v) is 9.95. The molecule has 0 saturated carbocycles. The number of amides is 1. The maximum absolute atomic E-state index is 12.9. The lowest BCUT2D eigenvalue weighted by Crippen LogP contribution is -2.46. The number of rotatable bonds is 6. The van der Waals surface area contributed by atoms with Crippen LogP contribution in [0.25, 0.3) is 5.69 Å². The molecule has 1 N–H and O–H groups in total. The zero-order chi connectivity index (χ0) is 19.3. The molecule has 0 aliphatic carbocycles. The van der Waals surface area contributed by atoms with Gasteiger partial charge in [0.15, 0.2) is 0 Å². The molecule has 0 unspecified atom stereocenters. The zero-order valence-corrected chi connectivity index (χ0v) is 16.2. The number of aryl methyl sites for hydroxylation is 1. The molecule has 1 amide bonds. The lowest BCUT2D eigenvalue weighted by atomic mass is 10.0. The van der Waals surface area contributed by atoms with Gasteiger partial charge in [0.25, 0.3) is 0 Å². The van der Waals surface area contributed by atoms with Crippen molar-refractivity contribution < 1.29 is 9.21 Å². The Hall–Kier alpha value is -2.86. The first-order valence-electron chi connectivity index (χ1n) is 9.95. The molecule has 1 aliphatic heterocycles. The molecule has 2 aromatic heterocycles. The first-order chi connectivity index (χ1) is 13.7. The van der Waals surface area contributed by atoms with Crippen LogP contribution in [0.4, 0.5) is 5.69 Å². The Morgan fingerprint density at radius 3 is 2.71 bits per heavy atom. The predicted octanol–water partition coefficient (Wildman–Crippen LogP) is 4.02. The number of benzene rings is 1. The third-order valence-corrected chi connectivity index (χ3v) is 5.24. The highest BCUT2D eigenvalue weighted by molar-refractivity contribution is 5.94. The summed E-state index contributed by atoms with van der Waals surface area (Å²) in [6, 6.07) is 13.5. The van der Waals surface area contributed by atoms with Gasteiger partial charge >= 0.3 is 0 Å². The topological polar surface area (TPSA) is 63.3 Å². The molecule has 1 saturated heterocycles. The molecule has 0 radical (unpaired) electrons. The number of aromatic nitrogens is 2. The fraction of sp³-hybridized carbons (Fsp3) is 0.364. The Morgan fingerprint density at radius 1 is 1.18 bits per heavy atom. The summed E-state index contributed by atoms with van der Waals surface area (Å²) in [5.41, 5.74) is 1.77. The van der Waals surface area contributed by atoms with Crippen molar-refractivity contribution in [2.24, 2.45) is 0 Å². The van der Waals surface area contributed by atoms with Gasteiger partial charge in [0.05, 0.1) is 18.3 Å². The number of hydrogen-bond acceptors (Lipinski definition) is 4. The summed E-state index contributed by atoms with van der Waals surface area (Å²) in [5.74, 6) is 1.97. The molecule has 1 atom stereocenters. The average Bonchev–Trinajstić information content (AvgIpc) is 3.41. The minimum Gasteiger partial charge on any atom is -0.465 e. The van der Waals surface area contributed by atoms with Crippen molar-refractivity contribution in [3.8, 4) is 5.69 Å². The smallest absolute Gasteiger partial charge is 0.241 e. The van der Waals surface area contributed by atoms with E-state index in [9.17, 15) is 4.79 Å². The summed E-state index contributed by atoms with van der Waals surface area (Å²) >= 11 is 0. The van der Waals surface area contributed by atoms with Crippen LogP contribution in [0, 0.1) is 0 Å². The van der Waals surface area contributed by atoms with Crippen LogP contribution in [0.2, 0.25) is 0 Å². The molecule has 1 aliphatic rings. The Balaban J connectivity index is 1.41. The van der Waals surface area contributed by atoms with E-state index in [4.69, 9.17) is 4.42 Å². The minimum absolute atomic E-state index is 0.0498. The van der Waals surface area contributed by atoms with Gasteiger partial charge in [0.1, 0.15) is 11.5 Å². The van der Waals surface area contributed by atoms with E-state index in [2.05, 4.69) is 22.2 Å². The van der Waals surface area contributed by atoms with E-state index in [1.165, 1.54) is 0 Å². The van der Waals surface area contributed by atoms with Gasteiger partial charge in [0, 0.05) is 24.5 Å². The normalized spacial score (nSPS) is 17.5. The number of nitrogens with zero attached hydrogens (tertiary/aromatic N) is 3. The summed E-state index contributed by atoms with van der Waals surface area (Å²) in [7, 11) is 0. The second-order valence-electron chi connectivity index (χ2n) is 7.19. The van der Waals surface area contributed by atoms with Crippen LogP contribution in [0.1, 0.15) is 37.7 Å². The number of likely N-dealkylation sites (tertiary alicyclic amines) is 1. The molecule has 4 rings (SSSR count). The molecule has 6 nitrogen and oxygen atoms in total. The Kier molecular flexibility index (Phi) is 5.58. The molecule has 3 aromatic rings. The van der Waals surface area contributed by atoms with E-state index in [1.807, 2.05) is 48.7 Å². The van der Waals surface area contributed by atoms with Crippen molar-refractivity contribution in [3.05, 3.63) is 66.4 Å². The lowest BCUT2D eigenvalue weighted by Gasteiger charge is -2.34. The van der Waals surface area contributed by atoms with Crippen LogP contribution in [0.3, 0.4) is 0 Å². The van der Waals surface area contributed by atoms with Crippen molar-refractivity contribution in [1.82, 2.24) is 14.7 Å². The van der Waals surface area contributed by atoms with Crippen LogP contribution in [0.5, 0.6) is 0 Å². The second kappa shape index (κ2) is 8.44. The third kappa shape index (κ3) is 4.17. The van der Waals surface area contributed by atoms with Crippen molar-refractivity contribution in [3.63, 3.8) is 0 Å². The minimum atomic E-state index is -0.130. The van der Waals surface area contributed by atoms with Crippen LogP contribution < -0.4 is 5.32 Å². The quantitative estimate of drug-likeness (QED) is 0.704. The van der Waals surface area contributed by atoms with Gasteiger partial charge in [-0.3, -0.25) is 9.69 Å². The summed E-state index contributed by atoms with van der Waals surface area (Å²) in [6.45, 7) is 3.67. The van der Waals surface area contributed by atoms with Gasteiger partial charge in [0.2, 0.25) is 5.91 Å². The molecule has 3 heterocycles. The van der Waals surface area contributed by atoms with Crippen LogP contribution >= 0.6 is 0 Å². The standard InChI is InChI=1S/C22H26N4O2/c1-2-19-11-12-20(28-19)16-25-14-4-3-6-21(25)22(27)24-17-7-9-18(10-8-17)26-15-5-13-23-26/h5,7-13,15,21H,2-4,6,14,16H2,1H3,(H,24,27)/t21-/m1/s1. The van der Waals surface area contributed by atoms with E-state index in [-0.39, 0.29) is 11.9 Å². The van der Waals surface area contributed by atoms with Gasteiger partial charge < -0.3 is 9.73 Å². The molecule has 6 heteroatoms. The maximum atomic E-state index is 12.9. The monoisotopic (exact) mass is 378 g/mol. The second-order valence-corrected chi connectivity index (χ2v) is 7.19. The molecule has 146 valence electrons. The number of anilines is 1. The summed E-state index contributed by atoms with van der Waals surface area (Å²) in [6.07, 6.45) is 7.59. The van der Waals surface area contributed by atoms with Crippen molar-refractivity contribution in [2.45, 2.75) is 45.2 Å². The highest BCUT2D eigenvalue weighted by Gasteiger charge is 2.29. The molecule has 0 bridgehead atoms. The van der Waals surface area contributed by atoms with Gasteiger partial charge in [-0.2, -0.15) is 5.10 Å². The fourth-order valence-corrected chi connectivity index (χ4v) is 3.72. The van der Waals surface area contributed by atoms with Gasteiger partial charge in [-0.15, -0.1) is 0 Å². The first kappa shape index (κ1) is 18.5. The number of nitrogens with one attached hydrogen (secondary N) is 1. The Labute approximate surface area is 165 Å². The molecule has 1 aromatic carbocycles. The van der Waals surface area contributed by atoms with E-state index in [0.29, 0.717) is 6.54 Å². The SMILES string of the molecule is CCc1ccc(CN2CCCC[C@@H]2C(=O)Nc2ccc(-n3cccn3)cc2)o1. The summed E-state index contributed by atoms with van der Waals surface area (Å²) in [5, 5.41) is 7.30. The van der Waals surface area contributed by atoms with Gasteiger partial charge in [-0.25, -0.2) is 4.68 Å². The van der Waals surface area contributed by atoms with Crippen molar-refractivity contribution in [1.29, 1.82) is 0 Å². The fourth-order valence-electron chi connectivity index (χ4n) is 3.72. The molecule has 0 spiro atoms. The molecule has 1 fully saturated rings. The van der Waals surface area contributed by atoms with Crippen molar-refractivity contribution >= 4 is 11.6 Å². The van der Waals surface area contributed by atoms with Gasteiger partial charge in [-0.1, -0.05) is 13.3 Å². The Morgan fingerprint density at radius 2 is 2.00 bits per heavy atom. The highest BCUT2D eigenvalue weighted by Crippen LogP contribution is 2.22. The van der Waals surface area contributed by atoms with E-state index < -0.39 is 0 Å². The average molecular weight is 378 g/mol. The van der Waals surface area contributed by atoms with Crippen LogP contribution in [-0.2, 0) is 17.8 Å².